The Morgan fingerprint density at radius 2 is 1.29 bits per heavy atom. The first-order valence-corrected chi connectivity index (χ1v) is 17.1. The minimum atomic E-state index is -2.09. The summed E-state index contributed by atoms with van der Waals surface area (Å²) in [6.45, 7) is 11.2. The summed E-state index contributed by atoms with van der Waals surface area (Å²) < 4.78 is 7.26. The van der Waals surface area contributed by atoms with E-state index in [0.717, 1.165) is 6.42 Å². The maximum absolute atomic E-state index is 10.0. The van der Waals surface area contributed by atoms with Gasteiger partial charge in [0.25, 0.3) is 0 Å². The van der Waals surface area contributed by atoms with E-state index in [4.69, 9.17) is 0 Å². The molecule has 21 heavy (non-hydrogen) atoms. The van der Waals surface area contributed by atoms with E-state index in [-0.39, 0.29) is 6.10 Å². The summed E-state index contributed by atoms with van der Waals surface area (Å²) in [6, 6.07) is 0. The van der Waals surface area contributed by atoms with E-state index >= 15 is 0 Å². The Morgan fingerprint density at radius 3 is 1.62 bits per heavy atom. The number of aliphatic hydroxyl groups is 1. The Bertz CT molecular complexity index is 239. The molecule has 126 valence electrons. The summed E-state index contributed by atoms with van der Waals surface area (Å²) in [6.07, 6.45) is 11.3. The molecule has 0 aromatic carbocycles. The van der Waals surface area contributed by atoms with E-state index in [0.29, 0.717) is 5.92 Å². The molecule has 0 amide bonds. The van der Waals surface area contributed by atoms with Crippen molar-refractivity contribution in [1.29, 1.82) is 0 Å². The SMILES string of the molecule is CCC[CH2][Sn](/[CH]=C/C[C@@H](O)C(C)C)([CH2]CCC)[CH2]CCC. The van der Waals surface area contributed by atoms with Crippen LogP contribution in [0.4, 0.5) is 0 Å². The summed E-state index contributed by atoms with van der Waals surface area (Å²) in [7, 11) is 0. The van der Waals surface area contributed by atoms with Crippen molar-refractivity contribution in [2.45, 2.75) is 99.0 Å². The fourth-order valence-electron chi connectivity index (χ4n) is 2.94. The van der Waals surface area contributed by atoms with Crippen molar-refractivity contribution in [3.05, 3.63) is 10.2 Å². The summed E-state index contributed by atoms with van der Waals surface area (Å²) >= 11 is -2.09. The van der Waals surface area contributed by atoms with Crippen molar-refractivity contribution >= 4 is 18.4 Å². The van der Waals surface area contributed by atoms with E-state index in [2.05, 4.69) is 44.8 Å². The third-order valence-electron chi connectivity index (χ3n) is 4.70. The van der Waals surface area contributed by atoms with Crippen LogP contribution in [0.3, 0.4) is 0 Å². The number of hydrogen-bond donors (Lipinski definition) is 1. The van der Waals surface area contributed by atoms with Crippen LogP contribution in [0.5, 0.6) is 0 Å². The first kappa shape index (κ1) is 21.5. The van der Waals surface area contributed by atoms with Gasteiger partial charge in [0, 0.05) is 0 Å². The van der Waals surface area contributed by atoms with Gasteiger partial charge >= 0.3 is 139 Å². The molecule has 0 unspecified atom stereocenters. The minimum absolute atomic E-state index is 0.159. The molecule has 0 aromatic rings. The molecular weight excluding hydrogens is 363 g/mol. The third kappa shape index (κ3) is 9.99. The second-order valence-corrected chi connectivity index (χ2v) is 20.1. The van der Waals surface area contributed by atoms with Crippen molar-refractivity contribution in [2.24, 2.45) is 5.92 Å². The van der Waals surface area contributed by atoms with Gasteiger partial charge < -0.3 is 0 Å². The predicted molar refractivity (Wildman–Crippen MR) is 99.5 cm³/mol. The first-order valence-electron chi connectivity index (χ1n) is 9.37. The summed E-state index contributed by atoms with van der Waals surface area (Å²) in [5, 5.41) is 10.0. The predicted octanol–water partition coefficient (Wildman–Crippen LogP) is 6.34. The molecule has 0 aromatic heterocycles. The Labute approximate surface area is 138 Å². The molecule has 0 saturated heterocycles. The molecule has 0 fully saturated rings. The molecule has 0 spiro atoms. The fourth-order valence-corrected chi connectivity index (χ4v) is 17.4. The summed E-state index contributed by atoms with van der Waals surface area (Å²) in [5.41, 5.74) is 0. The second-order valence-electron chi connectivity index (χ2n) is 7.12. The van der Waals surface area contributed by atoms with Gasteiger partial charge in [0.05, 0.1) is 0 Å². The van der Waals surface area contributed by atoms with E-state index in [1.54, 1.807) is 0 Å². The van der Waals surface area contributed by atoms with Crippen LogP contribution in [0.25, 0.3) is 0 Å². The number of rotatable bonds is 13. The summed E-state index contributed by atoms with van der Waals surface area (Å²) in [4.78, 5) is 0. The van der Waals surface area contributed by atoms with Crippen LogP contribution in [-0.2, 0) is 0 Å². The van der Waals surface area contributed by atoms with Gasteiger partial charge in [-0.05, 0) is 0 Å². The molecule has 0 aliphatic heterocycles. The zero-order chi connectivity index (χ0) is 16.1. The Kier molecular flexibility index (Phi) is 13.3. The van der Waals surface area contributed by atoms with Gasteiger partial charge in [0.15, 0.2) is 0 Å². The average molecular weight is 403 g/mol. The van der Waals surface area contributed by atoms with Gasteiger partial charge in [0.2, 0.25) is 0 Å². The fraction of sp³-hybridized carbons (Fsp3) is 0.895. The molecule has 1 atom stereocenters. The second kappa shape index (κ2) is 13.0. The van der Waals surface area contributed by atoms with Gasteiger partial charge in [-0.1, -0.05) is 0 Å². The van der Waals surface area contributed by atoms with E-state index in [1.807, 2.05) is 0 Å². The molecule has 2 heteroatoms. The molecule has 0 aliphatic carbocycles. The molecule has 0 heterocycles. The van der Waals surface area contributed by atoms with Crippen LogP contribution in [0.15, 0.2) is 10.2 Å². The van der Waals surface area contributed by atoms with Crippen LogP contribution >= 0.6 is 0 Å². The van der Waals surface area contributed by atoms with Crippen LogP contribution in [0, 0.1) is 5.92 Å². The summed E-state index contributed by atoms with van der Waals surface area (Å²) in [5.74, 6) is 0.376. The van der Waals surface area contributed by atoms with Crippen molar-refractivity contribution in [3.8, 4) is 0 Å². The number of unbranched alkanes of at least 4 members (excludes halogenated alkanes) is 3. The molecular formula is C19H40OSn. The Hall–Kier alpha value is 0.499. The monoisotopic (exact) mass is 404 g/mol. The first-order chi connectivity index (χ1) is 10.0. The molecule has 1 N–H and O–H groups in total. The van der Waals surface area contributed by atoms with E-state index in [9.17, 15) is 5.11 Å². The van der Waals surface area contributed by atoms with Crippen LogP contribution in [0.1, 0.15) is 79.6 Å². The molecule has 0 bridgehead atoms. The van der Waals surface area contributed by atoms with Gasteiger partial charge in [0.1, 0.15) is 0 Å². The van der Waals surface area contributed by atoms with Gasteiger partial charge in [-0.3, -0.25) is 0 Å². The van der Waals surface area contributed by atoms with Crippen LogP contribution in [-0.4, -0.2) is 29.6 Å². The quantitative estimate of drug-likeness (QED) is 0.356. The zero-order valence-corrected chi connectivity index (χ0v) is 18.2. The topological polar surface area (TPSA) is 20.2 Å². The number of aliphatic hydroxyl groups excluding tert-OH is 1. The van der Waals surface area contributed by atoms with Crippen molar-refractivity contribution in [3.63, 3.8) is 0 Å². The van der Waals surface area contributed by atoms with Crippen LogP contribution in [0.2, 0.25) is 13.3 Å². The third-order valence-corrected chi connectivity index (χ3v) is 18.9. The molecule has 0 rings (SSSR count). The molecule has 0 saturated carbocycles. The van der Waals surface area contributed by atoms with Crippen LogP contribution < -0.4 is 0 Å². The van der Waals surface area contributed by atoms with Gasteiger partial charge in [-0.15, -0.1) is 0 Å². The van der Waals surface area contributed by atoms with Gasteiger partial charge in [-0.25, -0.2) is 0 Å². The Balaban J connectivity index is 4.80. The normalized spacial score (nSPS) is 14.2. The van der Waals surface area contributed by atoms with E-state index in [1.165, 1.54) is 51.8 Å². The standard InChI is InChI=1S/C7H13O.3C4H9.Sn/c1-4-5-7(8)6(2)3;3*1-3-4-2;/h1,4,6-8H,5H2,2-3H3;3*1,3-4H2,2H3;/t7-;;;;/m1..../s1. The van der Waals surface area contributed by atoms with Crippen molar-refractivity contribution in [1.82, 2.24) is 0 Å². The number of hydrogen-bond acceptors (Lipinski definition) is 1. The average Bonchev–Trinajstić information content (AvgIpc) is 2.48. The van der Waals surface area contributed by atoms with Crippen molar-refractivity contribution < 1.29 is 5.11 Å². The van der Waals surface area contributed by atoms with E-state index < -0.39 is 18.4 Å². The molecule has 0 aliphatic rings. The van der Waals surface area contributed by atoms with Gasteiger partial charge in [-0.2, -0.15) is 0 Å². The molecule has 0 radical (unpaired) electrons. The zero-order valence-electron chi connectivity index (χ0n) is 15.3. The van der Waals surface area contributed by atoms with Crippen molar-refractivity contribution in [2.75, 3.05) is 0 Å². The molecule has 1 nitrogen and oxygen atoms in total. The Morgan fingerprint density at radius 1 is 0.857 bits per heavy atom. The maximum atomic E-state index is 10.0.